The van der Waals surface area contributed by atoms with Crippen molar-refractivity contribution in [2.45, 2.75) is 12.8 Å². The largest absolute Gasteiger partial charge is 0.389 e. The van der Waals surface area contributed by atoms with E-state index in [4.69, 9.17) is 18.0 Å². The van der Waals surface area contributed by atoms with E-state index >= 15 is 0 Å². The summed E-state index contributed by atoms with van der Waals surface area (Å²) in [6.45, 7) is 1.17. The van der Waals surface area contributed by atoms with Gasteiger partial charge < -0.3 is 16.4 Å². The number of nitrogens with one attached hydrogen (secondary N) is 2. The molecule has 1 amide bonds. The van der Waals surface area contributed by atoms with Crippen LogP contribution in [-0.4, -0.2) is 29.0 Å². The van der Waals surface area contributed by atoms with Gasteiger partial charge in [0.1, 0.15) is 10.8 Å². The Morgan fingerprint density at radius 3 is 2.94 bits per heavy atom. The second kappa shape index (κ2) is 5.77. The van der Waals surface area contributed by atoms with Crippen LogP contribution in [0.2, 0.25) is 0 Å². The standard InChI is InChI=1S/C12H16N4OS/c13-10(18)9-2-1-5-14-11(9)15-6-7-16-12(17)8-3-4-8/h1-2,5,8H,3-4,6-7H2,(H2,13,18)(H,14,15)(H,16,17). The molecule has 0 aliphatic heterocycles. The van der Waals surface area contributed by atoms with Crippen molar-refractivity contribution in [3.63, 3.8) is 0 Å². The molecule has 1 aliphatic rings. The summed E-state index contributed by atoms with van der Waals surface area (Å²) in [6.07, 6.45) is 3.71. The number of thiocarbonyl (C=S) groups is 1. The third-order valence-electron chi connectivity index (χ3n) is 2.74. The molecule has 6 heteroatoms. The first-order valence-electron chi connectivity index (χ1n) is 5.95. The number of aromatic nitrogens is 1. The highest BCUT2D eigenvalue weighted by atomic mass is 32.1. The van der Waals surface area contributed by atoms with E-state index in [1.54, 1.807) is 12.3 Å². The number of carbonyl (C=O) groups excluding carboxylic acids is 1. The summed E-state index contributed by atoms with van der Waals surface area (Å²) in [5.74, 6) is 1.05. The zero-order valence-corrected chi connectivity index (χ0v) is 10.8. The number of hydrogen-bond acceptors (Lipinski definition) is 4. The van der Waals surface area contributed by atoms with Gasteiger partial charge >= 0.3 is 0 Å². The SMILES string of the molecule is NC(=S)c1cccnc1NCCNC(=O)C1CC1. The summed E-state index contributed by atoms with van der Waals surface area (Å²) in [5.41, 5.74) is 6.32. The third-order valence-corrected chi connectivity index (χ3v) is 2.96. The number of nitrogens with two attached hydrogens (primary N) is 1. The predicted octanol–water partition coefficient (Wildman–Crippen LogP) is 0.654. The van der Waals surface area contributed by atoms with Crippen molar-refractivity contribution in [3.05, 3.63) is 23.9 Å². The molecule has 1 aliphatic carbocycles. The third kappa shape index (κ3) is 3.40. The van der Waals surface area contributed by atoms with Crippen molar-refractivity contribution in [3.8, 4) is 0 Å². The molecular weight excluding hydrogens is 248 g/mol. The highest BCUT2D eigenvalue weighted by molar-refractivity contribution is 7.80. The van der Waals surface area contributed by atoms with Crippen LogP contribution in [0.5, 0.6) is 0 Å². The maximum absolute atomic E-state index is 11.4. The topological polar surface area (TPSA) is 80.0 Å². The number of carbonyl (C=O) groups is 1. The van der Waals surface area contributed by atoms with Gasteiger partial charge in [-0.1, -0.05) is 12.2 Å². The summed E-state index contributed by atoms with van der Waals surface area (Å²) in [5, 5.41) is 5.99. The summed E-state index contributed by atoms with van der Waals surface area (Å²) >= 11 is 4.94. The Bertz CT molecular complexity index is 459. The van der Waals surface area contributed by atoms with Crippen molar-refractivity contribution in [2.24, 2.45) is 11.7 Å². The minimum absolute atomic E-state index is 0.146. The Kier molecular flexibility index (Phi) is 4.09. The lowest BCUT2D eigenvalue weighted by Gasteiger charge is -2.10. The van der Waals surface area contributed by atoms with E-state index in [1.807, 2.05) is 6.07 Å². The number of rotatable bonds is 6. The molecule has 18 heavy (non-hydrogen) atoms. The van der Waals surface area contributed by atoms with Gasteiger partial charge in [-0.05, 0) is 25.0 Å². The van der Waals surface area contributed by atoms with Gasteiger partial charge in [-0.15, -0.1) is 0 Å². The molecule has 0 atom stereocenters. The summed E-state index contributed by atoms with van der Waals surface area (Å²) in [4.78, 5) is 15.9. The number of amides is 1. The van der Waals surface area contributed by atoms with Gasteiger partial charge in [0.15, 0.2) is 0 Å². The van der Waals surface area contributed by atoms with Crippen molar-refractivity contribution in [1.82, 2.24) is 10.3 Å². The van der Waals surface area contributed by atoms with Gasteiger partial charge in [-0.2, -0.15) is 0 Å². The fourth-order valence-corrected chi connectivity index (χ4v) is 1.77. The molecule has 0 saturated heterocycles. The smallest absolute Gasteiger partial charge is 0.223 e. The number of pyridine rings is 1. The van der Waals surface area contributed by atoms with Crippen LogP contribution in [0.1, 0.15) is 18.4 Å². The van der Waals surface area contributed by atoms with E-state index in [2.05, 4.69) is 15.6 Å². The van der Waals surface area contributed by atoms with Crippen LogP contribution >= 0.6 is 12.2 Å². The molecule has 0 bridgehead atoms. The Labute approximate surface area is 111 Å². The van der Waals surface area contributed by atoms with E-state index in [1.165, 1.54) is 0 Å². The molecule has 1 fully saturated rings. The Hall–Kier alpha value is -1.69. The quantitative estimate of drug-likeness (QED) is 0.519. The van der Waals surface area contributed by atoms with Gasteiger partial charge in [0, 0.05) is 25.2 Å². The van der Waals surface area contributed by atoms with Crippen LogP contribution in [-0.2, 0) is 4.79 Å². The molecule has 4 N–H and O–H groups in total. The number of nitrogens with zero attached hydrogens (tertiary/aromatic N) is 1. The molecule has 0 unspecified atom stereocenters. The lowest BCUT2D eigenvalue weighted by atomic mass is 10.2. The average Bonchev–Trinajstić information content (AvgIpc) is 3.19. The molecule has 1 saturated carbocycles. The first-order valence-corrected chi connectivity index (χ1v) is 6.35. The predicted molar refractivity (Wildman–Crippen MR) is 74.3 cm³/mol. The van der Waals surface area contributed by atoms with Crippen LogP contribution in [0, 0.1) is 5.92 Å². The van der Waals surface area contributed by atoms with Crippen LogP contribution < -0.4 is 16.4 Å². The first kappa shape index (κ1) is 12.8. The highest BCUT2D eigenvalue weighted by Gasteiger charge is 2.28. The lowest BCUT2D eigenvalue weighted by Crippen LogP contribution is -2.30. The van der Waals surface area contributed by atoms with Gasteiger partial charge in [0.25, 0.3) is 0 Å². The molecule has 2 rings (SSSR count). The molecule has 1 heterocycles. The van der Waals surface area contributed by atoms with Crippen LogP contribution in [0.15, 0.2) is 18.3 Å². The molecule has 96 valence electrons. The Morgan fingerprint density at radius 1 is 1.50 bits per heavy atom. The van der Waals surface area contributed by atoms with Crippen molar-refractivity contribution >= 4 is 28.9 Å². The van der Waals surface area contributed by atoms with Gasteiger partial charge in [-0.3, -0.25) is 4.79 Å². The molecule has 0 radical (unpaired) electrons. The molecule has 1 aromatic rings. The van der Waals surface area contributed by atoms with Crippen molar-refractivity contribution < 1.29 is 4.79 Å². The maximum Gasteiger partial charge on any atom is 0.223 e. The van der Waals surface area contributed by atoms with Crippen LogP contribution in [0.4, 0.5) is 5.82 Å². The molecule has 1 aromatic heterocycles. The number of anilines is 1. The Morgan fingerprint density at radius 2 is 2.28 bits per heavy atom. The van der Waals surface area contributed by atoms with E-state index in [0.29, 0.717) is 23.9 Å². The molecular formula is C12H16N4OS. The monoisotopic (exact) mass is 264 g/mol. The second-order valence-corrected chi connectivity index (χ2v) is 4.70. The van der Waals surface area contributed by atoms with Crippen molar-refractivity contribution in [2.75, 3.05) is 18.4 Å². The maximum atomic E-state index is 11.4. The van der Waals surface area contributed by atoms with Crippen LogP contribution in [0.3, 0.4) is 0 Å². The molecule has 5 nitrogen and oxygen atoms in total. The number of hydrogen-bond donors (Lipinski definition) is 3. The fraction of sp³-hybridized carbons (Fsp3) is 0.417. The average molecular weight is 264 g/mol. The van der Waals surface area contributed by atoms with Gasteiger partial charge in [0.2, 0.25) is 5.91 Å². The summed E-state index contributed by atoms with van der Waals surface area (Å²) in [6, 6.07) is 3.61. The van der Waals surface area contributed by atoms with Crippen LogP contribution in [0.25, 0.3) is 0 Å². The van der Waals surface area contributed by atoms with E-state index < -0.39 is 0 Å². The minimum Gasteiger partial charge on any atom is -0.389 e. The summed E-state index contributed by atoms with van der Waals surface area (Å²) < 4.78 is 0. The van der Waals surface area contributed by atoms with E-state index in [-0.39, 0.29) is 11.8 Å². The first-order chi connectivity index (χ1) is 8.68. The Balaban J connectivity index is 1.79. The van der Waals surface area contributed by atoms with Gasteiger partial charge in [-0.25, -0.2) is 4.98 Å². The molecule has 0 aromatic carbocycles. The molecule has 0 spiro atoms. The van der Waals surface area contributed by atoms with Gasteiger partial charge in [0.05, 0.1) is 5.56 Å². The zero-order valence-electron chi connectivity index (χ0n) is 9.98. The second-order valence-electron chi connectivity index (χ2n) is 4.26. The summed E-state index contributed by atoms with van der Waals surface area (Å²) in [7, 11) is 0. The van der Waals surface area contributed by atoms with Crippen molar-refractivity contribution in [1.29, 1.82) is 0 Å². The zero-order chi connectivity index (χ0) is 13.0. The lowest BCUT2D eigenvalue weighted by molar-refractivity contribution is -0.122. The van der Waals surface area contributed by atoms with E-state index in [0.717, 1.165) is 18.4 Å². The normalized spacial score (nSPS) is 14.0. The fourth-order valence-electron chi connectivity index (χ4n) is 1.60. The minimum atomic E-state index is 0.146. The highest BCUT2D eigenvalue weighted by Crippen LogP contribution is 2.28. The van der Waals surface area contributed by atoms with E-state index in [9.17, 15) is 4.79 Å².